The third-order valence-corrected chi connectivity index (χ3v) is 2.00. The lowest BCUT2D eigenvalue weighted by Gasteiger charge is -2.14. The van der Waals surface area contributed by atoms with E-state index >= 15 is 0 Å². The van der Waals surface area contributed by atoms with Gasteiger partial charge in [-0.1, -0.05) is 0 Å². The molecular weight excluding hydrogens is 185 g/mol. The molecule has 0 amide bonds. The first-order valence-corrected chi connectivity index (χ1v) is 4.32. The summed E-state index contributed by atoms with van der Waals surface area (Å²) in [6.07, 6.45) is -0.889. The molecule has 1 rings (SSSR count). The second kappa shape index (κ2) is 4.39. The number of aliphatic hydroxyl groups is 1. The summed E-state index contributed by atoms with van der Waals surface area (Å²) in [5, 5.41) is 9.52. The molecular formula is C10H14FNO2. The average Bonchev–Trinajstić information content (AvgIpc) is 2.15. The van der Waals surface area contributed by atoms with E-state index in [1.807, 2.05) is 0 Å². The summed E-state index contributed by atoms with van der Waals surface area (Å²) in [7, 11) is 1.36. The van der Waals surface area contributed by atoms with Gasteiger partial charge < -0.3 is 15.6 Å². The molecule has 4 heteroatoms. The van der Waals surface area contributed by atoms with Crippen LogP contribution in [0.5, 0.6) is 5.75 Å². The van der Waals surface area contributed by atoms with E-state index in [4.69, 9.17) is 10.5 Å². The fourth-order valence-corrected chi connectivity index (χ4v) is 1.35. The molecule has 78 valence electrons. The van der Waals surface area contributed by atoms with Gasteiger partial charge in [-0.3, -0.25) is 0 Å². The Hall–Kier alpha value is -1.13. The Balaban J connectivity index is 3.24. The molecule has 0 aliphatic carbocycles. The van der Waals surface area contributed by atoms with Crippen molar-refractivity contribution in [3.8, 4) is 5.75 Å². The smallest absolute Gasteiger partial charge is 0.165 e. The third-order valence-electron chi connectivity index (χ3n) is 2.00. The highest BCUT2D eigenvalue weighted by Gasteiger charge is 2.16. The van der Waals surface area contributed by atoms with Crippen molar-refractivity contribution < 1.29 is 14.2 Å². The fourth-order valence-electron chi connectivity index (χ4n) is 1.35. The van der Waals surface area contributed by atoms with Gasteiger partial charge in [-0.2, -0.15) is 0 Å². The van der Waals surface area contributed by atoms with Crippen molar-refractivity contribution >= 4 is 0 Å². The van der Waals surface area contributed by atoms with Crippen molar-refractivity contribution in [3.05, 3.63) is 29.1 Å². The van der Waals surface area contributed by atoms with Gasteiger partial charge in [0.25, 0.3) is 0 Å². The largest absolute Gasteiger partial charge is 0.493 e. The van der Waals surface area contributed by atoms with E-state index < -0.39 is 11.9 Å². The highest BCUT2D eigenvalue weighted by Crippen LogP contribution is 2.28. The van der Waals surface area contributed by atoms with Crippen molar-refractivity contribution in [2.75, 3.05) is 13.7 Å². The molecule has 1 unspecified atom stereocenters. The van der Waals surface area contributed by atoms with Gasteiger partial charge >= 0.3 is 0 Å². The second-order valence-corrected chi connectivity index (χ2v) is 3.12. The van der Waals surface area contributed by atoms with Gasteiger partial charge in [-0.25, -0.2) is 4.39 Å². The van der Waals surface area contributed by atoms with E-state index in [0.717, 1.165) is 5.56 Å². The number of methoxy groups -OCH3 is 1. The van der Waals surface area contributed by atoms with Crippen LogP contribution in [0.3, 0.4) is 0 Å². The molecule has 0 aliphatic heterocycles. The first-order valence-electron chi connectivity index (χ1n) is 4.32. The maximum Gasteiger partial charge on any atom is 0.165 e. The lowest BCUT2D eigenvalue weighted by molar-refractivity contribution is 0.181. The summed E-state index contributed by atoms with van der Waals surface area (Å²) in [6, 6.07) is 3.02. The molecule has 0 spiro atoms. The Morgan fingerprint density at radius 1 is 1.57 bits per heavy atom. The number of aliphatic hydroxyl groups excluding tert-OH is 1. The zero-order chi connectivity index (χ0) is 10.7. The predicted molar refractivity (Wildman–Crippen MR) is 51.7 cm³/mol. The van der Waals surface area contributed by atoms with E-state index in [-0.39, 0.29) is 12.3 Å². The number of ether oxygens (including phenoxy) is 1. The topological polar surface area (TPSA) is 55.5 Å². The number of benzene rings is 1. The molecule has 0 aliphatic rings. The Bertz CT molecular complexity index is 328. The van der Waals surface area contributed by atoms with Crippen LogP contribution in [-0.2, 0) is 0 Å². The minimum Gasteiger partial charge on any atom is -0.493 e. The highest BCUT2D eigenvalue weighted by atomic mass is 19.1. The zero-order valence-corrected chi connectivity index (χ0v) is 8.25. The van der Waals surface area contributed by atoms with Crippen LogP contribution in [0, 0.1) is 12.7 Å². The van der Waals surface area contributed by atoms with Gasteiger partial charge in [0, 0.05) is 12.1 Å². The number of aryl methyl sites for hydroxylation is 1. The second-order valence-electron chi connectivity index (χ2n) is 3.12. The zero-order valence-electron chi connectivity index (χ0n) is 8.25. The van der Waals surface area contributed by atoms with Crippen LogP contribution in [0.4, 0.5) is 4.39 Å². The molecule has 14 heavy (non-hydrogen) atoms. The third kappa shape index (κ3) is 2.02. The van der Waals surface area contributed by atoms with Gasteiger partial charge in [0.2, 0.25) is 0 Å². The van der Waals surface area contributed by atoms with E-state index in [1.54, 1.807) is 13.0 Å². The molecule has 0 heterocycles. The molecule has 3 nitrogen and oxygen atoms in total. The summed E-state index contributed by atoms with van der Waals surface area (Å²) < 4.78 is 18.2. The summed E-state index contributed by atoms with van der Waals surface area (Å²) in [4.78, 5) is 0. The van der Waals surface area contributed by atoms with E-state index in [1.165, 1.54) is 13.2 Å². The maximum absolute atomic E-state index is 13.3. The highest BCUT2D eigenvalue weighted by molar-refractivity contribution is 5.40. The Morgan fingerprint density at radius 2 is 2.21 bits per heavy atom. The van der Waals surface area contributed by atoms with Crippen LogP contribution < -0.4 is 10.5 Å². The van der Waals surface area contributed by atoms with Crippen LogP contribution in [0.25, 0.3) is 0 Å². The first kappa shape index (κ1) is 10.9. The van der Waals surface area contributed by atoms with Gasteiger partial charge in [-0.15, -0.1) is 0 Å². The van der Waals surface area contributed by atoms with Gasteiger partial charge in [0.15, 0.2) is 11.6 Å². The van der Waals surface area contributed by atoms with Crippen LogP contribution in [0.1, 0.15) is 17.2 Å². The minimum atomic E-state index is -0.889. The average molecular weight is 199 g/mol. The monoisotopic (exact) mass is 199 g/mol. The maximum atomic E-state index is 13.3. The summed E-state index contributed by atoms with van der Waals surface area (Å²) in [5.74, 6) is -0.413. The van der Waals surface area contributed by atoms with Crippen LogP contribution in [0.2, 0.25) is 0 Å². The molecule has 0 saturated heterocycles. The van der Waals surface area contributed by atoms with Gasteiger partial charge in [0.1, 0.15) is 0 Å². The number of nitrogens with two attached hydrogens (primary N) is 1. The van der Waals surface area contributed by atoms with Crippen molar-refractivity contribution in [1.29, 1.82) is 0 Å². The van der Waals surface area contributed by atoms with Crippen LogP contribution in [-0.4, -0.2) is 18.8 Å². The molecule has 0 aromatic heterocycles. The van der Waals surface area contributed by atoms with E-state index in [9.17, 15) is 9.50 Å². The first-order chi connectivity index (χ1) is 6.60. The van der Waals surface area contributed by atoms with Crippen molar-refractivity contribution in [2.45, 2.75) is 13.0 Å². The number of hydrogen-bond acceptors (Lipinski definition) is 3. The quantitative estimate of drug-likeness (QED) is 0.767. The number of rotatable bonds is 3. The van der Waals surface area contributed by atoms with Crippen LogP contribution >= 0.6 is 0 Å². The molecule has 0 radical (unpaired) electrons. The van der Waals surface area contributed by atoms with Crippen molar-refractivity contribution in [1.82, 2.24) is 0 Å². The molecule has 3 N–H and O–H groups in total. The molecule has 1 aromatic carbocycles. The lowest BCUT2D eigenvalue weighted by atomic mass is 10.0. The molecule has 0 fully saturated rings. The Kier molecular flexibility index (Phi) is 3.43. The normalized spacial score (nSPS) is 12.6. The van der Waals surface area contributed by atoms with Crippen molar-refractivity contribution in [2.24, 2.45) is 5.73 Å². The summed E-state index contributed by atoms with van der Waals surface area (Å²) in [5.41, 5.74) is 6.42. The molecule has 1 aromatic rings. The molecule has 1 atom stereocenters. The van der Waals surface area contributed by atoms with Crippen molar-refractivity contribution in [3.63, 3.8) is 0 Å². The number of halogens is 1. The van der Waals surface area contributed by atoms with Gasteiger partial charge in [-0.05, 0) is 24.6 Å². The van der Waals surface area contributed by atoms with Crippen LogP contribution in [0.15, 0.2) is 12.1 Å². The SMILES string of the molecule is COc1c(F)cc(C)cc1C(O)CN. The molecule has 0 saturated carbocycles. The van der Waals surface area contributed by atoms with Gasteiger partial charge in [0.05, 0.1) is 13.2 Å². The summed E-state index contributed by atoms with van der Waals surface area (Å²) in [6.45, 7) is 1.79. The lowest BCUT2D eigenvalue weighted by Crippen LogP contribution is -2.13. The Morgan fingerprint density at radius 3 is 2.71 bits per heavy atom. The minimum absolute atomic E-state index is 0.0409. The van der Waals surface area contributed by atoms with E-state index in [0.29, 0.717) is 5.56 Å². The Labute approximate surface area is 82.3 Å². The fraction of sp³-hybridized carbons (Fsp3) is 0.400. The standard InChI is InChI=1S/C10H14FNO2/c1-6-3-7(9(13)5-12)10(14-2)8(11)4-6/h3-4,9,13H,5,12H2,1-2H3. The number of hydrogen-bond donors (Lipinski definition) is 2. The molecule has 0 bridgehead atoms. The predicted octanol–water partition coefficient (Wildman–Crippen LogP) is 1.13. The summed E-state index contributed by atoms with van der Waals surface area (Å²) >= 11 is 0. The van der Waals surface area contributed by atoms with E-state index in [2.05, 4.69) is 0 Å².